The number of fused-ring (bicyclic) bond motifs is 4. The molecule has 1 aromatic heterocycles. The topological polar surface area (TPSA) is 53.2 Å². The lowest BCUT2D eigenvalue weighted by atomic mass is 9.79. The van der Waals surface area contributed by atoms with E-state index in [4.69, 9.17) is 0 Å². The zero-order chi connectivity index (χ0) is 16.3. The number of anilines is 1. The third kappa shape index (κ3) is 1.74. The highest BCUT2D eigenvalue weighted by molar-refractivity contribution is 6.22. The molecule has 1 fully saturated rings. The van der Waals surface area contributed by atoms with Gasteiger partial charge in [-0.05, 0) is 30.2 Å². The van der Waals surface area contributed by atoms with Crippen molar-refractivity contribution in [2.24, 2.45) is 11.8 Å². The van der Waals surface area contributed by atoms with Crippen molar-refractivity contribution >= 4 is 28.4 Å². The van der Waals surface area contributed by atoms with E-state index < -0.39 is 0 Å². The third-order valence-electron chi connectivity index (χ3n) is 5.33. The lowest BCUT2D eigenvalue weighted by Crippen LogP contribution is -2.31. The first-order chi connectivity index (χ1) is 11.7. The molecule has 0 unspecified atom stereocenters. The van der Waals surface area contributed by atoms with Crippen LogP contribution >= 0.6 is 0 Å². The smallest absolute Gasteiger partial charge is 0.238 e. The molecule has 4 heteroatoms. The molecule has 2 atom stereocenters. The number of imide groups is 1. The summed E-state index contributed by atoms with van der Waals surface area (Å²) < 4.78 is 0. The van der Waals surface area contributed by atoms with Crippen LogP contribution in [-0.4, -0.2) is 16.8 Å². The van der Waals surface area contributed by atoms with Crippen LogP contribution in [0.5, 0.6) is 0 Å². The molecular formula is C20H16N2O2. The summed E-state index contributed by atoms with van der Waals surface area (Å²) in [5, 5.41) is 1.17. The van der Waals surface area contributed by atoms with E-state index in [2.05, 4.69) is 11.1 Å². The highest BCUT2D eigenvalue weighted by atomic mass is 16.2. The number of amides is 2. The van der Waals surface area contributed by atoms with Crippen LogP contribution in [0, 0.1) is 11.8 Å². The molecule has 1 N–H and O–H groups in total. The Morgan fingerprint density at radius 2 is 1.50 bits per heavy atom. The number of carbonyl (C=O) groups excluding carboxylic acids is 2. The maximum absolute atomic E-state index is 12.9. The molecule has 1 aliphatic carbocycles. The first kappa shape index (κ1) is 13.5. The van der Waals surface area contributed by atoms with Gasteiger partial charge in [-0.1, -0.05) is 36.4 Å². The van der Waals surface area contributed by atoms with Gasteiger partial charge in [-0.3, -0.25) is 14.5 Å². The van der Waals surface area contributed by atoms with Crippen molar-refractivity contribution in [1.29, 1.82) is 0 Å². The minimum Gasteiger partial charge on any atom is -0.358 e. The van der Waals surface area contributed by atoms with Crippen molar-refractivity contribution in [3.8, 4) is 0 Å². The molecule has 0 spiro atoms. The molecule has 4 nitrogen and oxygen atoms in total. The first-order valence-corrected chi connectivity index (χ1v) is 8.25. The van der Waals surface area contributed by atoms with Gasteiger partial charge < -0.3 is 4.98 Å². The predicted octanol–water partition coefficient (Wildman–Crippen LogP) is 3.07. The quantitative estimate of drug-likeness (QED) is 0.702. The van der Waals surface area contributed by atoms with Crippen molar-refractivity contribution in [1.82, 2.24) is 4.98 Å². The summed E-state index contributed by atoms with van der Waals surface area (Å²) in [5.41, 5.74) is 4.06. The number of H-pyrrole nitrogens is 1. The van der Waals surface area contributed by atoms with Crippen LogP contribution in [0.25, 0.3) is 10.9 Å². The molecule has 24 heavy (non-hydrogen) atoms. The Hall–Kier alpha value is -2.88. The summed E-state index contributed by atoms with van der Waals surface area (Å²) in [6.07, 6.45) is 1.25. The maximum Gasteiger partial charge on any atom is 0.238 e. The first-order valence-electron chi connectivity index (χ1n) is 8.25. The molecule has 0 radical (unpaired) electrons. The van der Waals surface area contributed by atoms with E-state index in [1.807, 2.05) is 48.5 Å². The standard InChI is InChI=1S/C20H16N2O2/c23-19-15-10-14-13-8-4-5-9-17(13)21-18(14)11-16(15)20(24)22(19)12-6-2-1-3-7-12/h1-9,15-16,21H,10-11H2/t15-,16+/m1/s1. The van der Waals surface area contributed by atoms with Gasteiger partial charge in [0, 0.05) is 23.0 Å². The molecule has 2 amide bonds. The molecular weight excluding hydrogens is 300 g/mol. The summed E-state index contributed by atoms with van der Waals surface area (Å²) in [6.45, 7) is 0. The number of aromatic amines is 1. The number of carbonyl (C=O) groups is 2. The SMILES string of the molecule is O=C1[C@H]2Cc3[nH]c4ccccc4c3C[C@H]2C(=O)N1c1ccccc1. The van der Waals surface area contributed by atoms with E-state index in [9.17, 15) is 9.59 Å². The second-order valence-corrected chi connectivity index (χ2v) is 6.60. The fourth-order valence-electron chi connectivity index (χ4n) is 4.18. The van der Waals surface area contributed by atoms with Crippen molar-refractivity contribution in [2.75, 3.05) is 4.90 Å². The number of para-hydroxylation sites is 2. The Balaban J connectivity index is 1.58. The van der Waals surface area contributed by atoms with Gasteiger partial charge in [-0.15, -0.1) is 0 Å². The highest BCUT2D eigenvalue weighted by Gasteiger charge is 2.50. The summed E-state index contributed by atoms with van der Waals surface area (Å²) in [6, 6.07) is 17.4. The molecule has 2 aliphatic rings. The Bertz CT molecular complexity index is 974. The van der Waals surface area contributed by atoms with Gasteiger partial charge in [0.1, 0.15) is 0 Å². The second kappa shape index (κ2) is 4.81. The molecule has 5 rings (SSSR count). The number of hydrogen-bond donors (Lipinski definition) is 1. The Kier molecular flexibility index (Phi) is 2.71. The number of aromatic nitrogens is 1. The molecule has 1 saturated heterocycles. The van der Waals surface area contributed by atoms with E-state index >= 15 is 0 Å². The normalized spacial score (nSPS) is 22.8. The van der Waals surface area contributed by atoms with Gasteiger partial charge in [0.05, 0.1) is 17.5 Å². The highest BCUT2D eigenvalue weighted by Crippen LogP contribution is 2.41. The summed E-state index contributed by atoms with van der Waals surface area (Å²) in [5.74, 6) is -0.629. The number of nitrogens with one attached hydrogen (secondary N) is 1. The van der Waals surface area contributed by atoms with E-state index in [1.54, 1.807) is 0 Å². The van der Waals surface area contributed by atoms with E-state index in [-0.39, 0.29) is 23.7 Å². The monoisotopic (exact) mass is 316 g/mol. The lowest BCUT2D eigenvalue weighted by Gasteiger charge is -2.21. The summed E-state index contributed by atoms with van der Waals surface area (Å²) >= 11 is 0. The fraction of sp³-hybridized carbons (Fsp3) is 0.200. The van der Waals surface area contributed by atoms with Gasteiger partial charge in [-0.2, -0.15) is 0 Å². The average Bonchev–Trinajstić information content (AvgIpc) is 3.10. The van der Waals surface area contributed by atoms with Gasteiger partial charge in [-0.25, -0.2) is 0 Å². The zero-order valence-electron chi connectivity index (χ0n) is 13.0. The van der Waals surface area contributed by atoms with Gasteiger partial charge in [0.25, 0.3) is 0 Å². The number of hydrogen-bond acceptors (Lipinski definition) is 2. The number of nitrogens with zero attached hydrogens (tertiary/aromatic N) is 1. The Labute approximate surface area is 139 Å². The van der Waals surface area contributed by atoms with E-state index in [0.29, 0.717) is 18.5 Å². The average molecular weight is 316 g/mol. The number of benzene rings is 2. The largest absolute Gasteiger partial charge is 0.358 e. The molecule has 1 aliphatic heterocycles. The Morgan fingerprint density at radius 1 is 0.833 bits per heavy atom. The molecule has 0 bridgehead atoms. The van der Waals surface area contributed by atoms with Crippen molar-refractivity contribution < 1.29 is 9.59 Å². The molecule has 118 valence electrons. The van der Waals surface area contributed by atoms with Gasteiger partial charge >= 0.3 is 0 Å². The van der Waals surface area contributed by atoms with Crippen LogP contribution in [-0.2, 0) is 22.4 Å². The van der Waals surface area contributed by atoms with Crippen molar-refractivity contribution in [3.63, 3.8) is 0 Å². The van der Waals surface area contributed by atoms with Crippen LogP contribution < -0.4 is 4.90 Å². The maximum atomic E-state index is 12.9. The van der Waals surface area contributed by atoms with E-state index in [0.717, 1.165) is 11.2 Å². The molecule has 2 aromatic carbocycles. The second-order valence-electron chi connectivity index (χ2n) is 6.60. The van der Waals surface area contributed by atoms with E-state index in [1.165, 1.54) is 15.8 Å². The molecule has 2 heterocycles. The zero-order valence-corrected chi connectivity index (χ0v) is 13.0. The van der Waals surface area contributed by atoms with Crippen molar-refractivity contribution in [3.05, 3.63) is 65.9 Å². The van der Waals surface area contributed by atoms with Crippen LogP contribution in [0.4, 0.5) is 5.69 Å². The molecule has 0 saturated carbocycles. The summed E-state index contributed by atoms with van der Waals surface area (Å²) in [4.78, 5) is 30.6. The predicted molar refractivity (Wildman–Crippen MR) is 91.6 cm³/mol. The van der Waals surface area contributed by atoms with Crippen LogP contribution in [0.3, 0.4) is 0 Å². The number of rotatable bonds is 1. The van der Waals surface area contributed by atoms with Gasteiger partial charge in [0.15, 0.2) is 0 Å². The third-order valence-corrected chi connectivity index (χ3v) is 5.33. The minimum absolute atomic E-state index is 0.0628. The van der Waals surface area contributed by atoms with Crippen LogP contribution in [0.1, 0.15) is 11.3 Å². The van der Waals surface area contributed by atoms with Crippen LogP contribution in [0.2, 0.25) is 0 Å². The Morgan fingerprint density at radius 3 is 2.29 bits per heavy atom. The van der Waals surface area contributed by atoms with Crippen molar-refractivity contribution in [2.45, 2.75) is 12.8 Å². The molecule has 3 aromatic rings. The summed E-state index contributed by atoms with van der Waals surface area (Å²) in [7, 11) is 0. The van der Waals surface area contributed by atoms with Gasteiger partial charge in [0.2, 0.25) is 11.8 Å². The lowest BCUT2D eigenvalue weighted by molar-refractivity contribution is -0.122. The van der Waals surface area contributed by atoms with Crippen LogP contribution in [0.15, 0.2) is 54.6 Å². The minimum atomic E-state index is -0.252. The fourth-order valence-corrected chi connectivity index (χ4v) is 4.18.